The number of hydrogen-bond donors (Lipinski definition) is 1. The second-order valence-corrected chi connectivity index (χ2v) is 12.2. The van der Waals surface area contributed by atoms with Crippen molar-refractivity contribution in [2.24, 2.45) is 4.99 Å². The summed E-state index contributed by atoms with van der Waals surface area (Å²) in [6, 6.07) is 18.7. The van der Waals surface area contributed by atoms with E-state index in [2.05, 4.69) is 49.9 Å². The zero-order valence-electron chi connectivity index (χ0n) is 24.8. The number of carbonyl (C=O) groups excluding carboxylic acids is 1. The fourth-order valence-corrected chi connectivity index (χ4v) is 6.23. The van der Waals surface area contributed by atoms with Gasteiger partial charge in [0.05, 0.1) is 18.3 Å². The lowest BCUT2D eigenvalue weighted by Gasteiger charge is -2.24. The molecule has 1 aromatic heterocycles. The Bertz CT molecular complexity index is 1720. The molecular weight excluding hydrogens is 605 g/mol. The van der Waals surface area contributed by atoms with Crippen molar-refractivity contribution in [1.29, 1.82) is 0 Å². The first-order chi connectivity index (χ1) is 21.5. The zero-order chi connectivity index (χ0) is 31.8. The molecule has 0 radical (unpaired) electrons. The smallest absolute Gasteiger partial charge is 0.497 e. The van der Waals surface area contributed by atoms with Crippen LogP contribution in [-0.2, 0) is 5.54 Å². The van der Waals surface area contributed by atoms with Gasteiger partial charge in [0, 0.05) is 29.6 Å². The number of nitrogens with one attached hydrogen (secondary N) is 1. The lowest BCUT2D eigenvalue weighted by atomic mass is 10.00. The third-order valence-electron chi connectivity index (χ3n) is 7.74. The van der Waals surface area contributed by atoms with Gasteiger partial charge in [0.2, 0.25) is 0 Å². The van der Waals surface area contributed by atoms with Crippen LogP contribution in [0.5, 0.6) is 11.5 Å². The molecule has 0 bridgehead atoms. The predicted molar refractivity (Wildman–Crippen MR) is 167 cm³/mol. The Balaban J connectivity index is 1.14. The minimum absolute atomic E-state index is 0.293. The molecule has 1 N–H and O–H groups in total. The van der Waals surface area contributed by atoms with Gasteiger partial charge in [-0.3, -0.25) is 0 Å². The van der Waals surface area contributed by atoms with Crippen LogP contribution in [0.1, 0.15) is 43.7 Å². The van der Waals surface area contributed by atoms with Crippen LogP contribution >= 0.6 is 11.8 Å². The number of rotatable bonds is 8. The van der Waals surface area contributed by atoms with Gasteiger partial charge in [-0.15, -0.1) is 18.3 Å². The molecule has 0 atom stereocenters. The van der Waals surface area contributed by atoms with Crippen LogP contribution in [0.25, 0.3) is 17.1 Å². The van der Waals surface area contributed by atoms with Crippen molar-refractivity contribution < 1.29 is 27.4 Å². The molecule has 0 unspecified atom stereocenters. The first kappa shape index (κ1) is 30.5. The Labute approximate surface area is 262 Å². The topological polar surface area (TPSA) is 93.9 Å². The van der Waals surface area contributed by atoms with Crippen molar-refractivity contribution in [3.63, 3.8) is 0 Å². The molecule has 45 heavy (non-hydrogen) atoms. The number of halogens is 3. The molecule has 4 aromatic rings. The van der Waals surface area contributed by atoms with Gasteiger partial charge in [-0.25, -0.2) is 14.5 Å². The van der Waals surface area contributed by atoms with Gasteiger partial charge in [-0.1, -0.05) is 55.9 Å². The quantitative estimate of drug-likeness (QED) is 0.217. The molecule has 1 aliphatic heterocycles. The number of carbonyl (C=O) groups is 1. The van der Waals surface area contributed by atoms with E-state index in [1.165, 1.54) is 35.3 Å². The van der Waals surface area contributed by atoms with Crippen LogP contribution in [-0.4, -0.2) is 51.7 Å². The van der Waals surface area contributed by atoms with E-state index in [0.29, 0.717) is 22.6 Å². The Morgan fingerprint density at radius 3 is 2.40 bits per heavy atom. The molecule has 1 saturated carbocycles. The van der Waals surface area contributed by atoms with Gasteiger partial charge in [0.15, 0.2) is 11.0 Å². The molecule has 0 spiro atoms. The SMILES string of the molecule is COc1ccc(C(C)C)c(N2CCSC2=NC(=O)NC2(c3ccc(-c4ncn(-c5ccc(OC(F)(F)F)cc5)n4)cc3)CC2)c1. The van der Waals surface area contributed by atoms with E-state index >= 15 is 0 Å². The predicted octanol–water partition coefficient (Wildman–Crippen LogP) is 7.27. The van der Waals surface area contributed by atoms with Gasteiger partial charge in [-0.2, -0.15) is 4.99 Å². The van der Waals surface area contributed by atoms with Gasteiger partial charge in [0.25, 0.3) is 0 Å². The van der Waals surface area contributed by atoms with Crippen LogP contribution < -0.4 is 19.7 Å². The average molecular weight is 637 g/mol. The number of thioether (sulfide) groups is 1. The minimum atomic E-state index is -4.75. The average Bonchev–Trinajstić information content (AvgIpc) is 3.38. The minimum Gasteiger partial charge on any atom is -0.497 e. The number of amidine groups is 1. The second-order valence-electron chi connectivity index (χ2n) is 11.1. The van der Waals surface area contributed by atoms with E-state index in [1.54, 1.807) is 18.9 Å². The number of methoxy groups -OCH3 is 1. The summed E-state index contributed by atoms with van der Waals surface area (Å²) >= 11 is 1.56. The van der Waals surface area contributed by atoms with Crippen molar-refractivity contribution >= 4 is 28.6 Å². The third kappa shape index (κ3) is 6.77. The number of benzene rings is 3. The summed E-state index contributed by atoms with van der Waals surface area (Å²) in [7, 11) is 1.64. The zero-order valence-corrected chi connectivity index (χ0v) is 25.7. The number of alkyl halides is 3. The number of aliphatic imine (C=N–C) groups is 1. The van der Waals surface area contributed by atoms with Crippen LogP contribution in [0.3, 0.4) is 0 Å². The van der Waals surface area contributed by atoms with Gasteiger partial charge < -0.3 is 19.7 Å². The first-order valence-corrected chi connectivity index (χ1v) is 15.4. The molecule has 2 amide bonds. The van der Waals surface area contributed by atoms with E-state index in [1.807, 2.05) is 36.4 Å². The maximum atomic E-state index is 13.2. The molecule has 9 nitrogen and oxygen atoms in total. The maximum absolute atomic E-state index is 13.2. The number of hydrogen-bond acceptors (Lipinski definition) is 6. The van der Waals surface area contributed by atoms with Crippen molar-refractivity contribution in [1.82, 2.24) is 20.1 Å². The van der Waals surface area contributed by atoms with Crippen LogP contribution in [0.15, 0.2) is 78.0 Å². The lowest BCUT2D eigenvalue weighted by Crippen LogP contribution is -2.34. The van der Waals surface area contributed by atoms with Crippen molar-refractivity contribution in [3.05, 3.63) is 84.2 Å². The molecule has 1 saturated heterocycles. The summed E-state index contributed by atoms with van der Waals surface area (Å²) in [5, 5.41) is 8.27. The van der Waals surface area contributed by atoms with E-state index in [4.69, 9.17) is 4.74 Å². The summed E-state index contributed by atoms with van der Waals surface area (Å²) in [5.74, 6) is 2.02. The van der Waals surface area contributed by atoms with Crippen LogP contribution in [0, 0.1) is 0 Å². The molecular formula is C32H31F3N6O3S. The summed E-state index contributed by atoms with van der Waals surface area (Å²) in [6.45, 7) is 5.03. The van der Waals surface area contributed by atoms with E-state index in [0.717, 1.165) is 53.3 Å². The summed E-state index contributed by atoms with van der Waals surface area (Å²) < 4.78 is 48.2. The van der Waals surface area contributed by atoms with E-state index in [-0.39, 0.29) is 11.8 Å². The Morgan fingerprint density at radius 2 is 1.76 bits per heavy atom. The molecule has 13 heteroatoms. The Hall–Kier alpha value is -4.52. The number of ether oxygens (including phenoxy) is 2. The first-order valence-electron chi connectivity index (χ1n) is 14.4. The lowest BCUT2D eigenvalue weighted by molar-refractivity contribution is -0.274. The highest BCUT2D eigenvalue weighted by Gasteiger charge is 2.46. The van der Waals surface area contributed by atoms with Crippen LogP contribution in [0.2, 0.25) is 0 Å². The normalized spacial score (nSPS) is 16.7. The molecule has 234 valence electrons. The van der Waals surface area contributed by atoms with Crippen LogP contribution in [0.4, 0.5) is 23.7 Å². The fourth-order valence-electron chi connectivity index (χ4n) is 5.28. The number of nitrogens with zero attached hydrogens (tertiary/aromatic N) is 5. The highest BCUT2D eigenvalue weighted by atomic mass is 32.2. The van der Waals surface area contributed by atoms with E-state index < -0.39 is 11.9 Å². The van der Waals surface area contributed by atoms with Crippen molar-refractivity contribution in [2.75, 3.05) is 24.3 Å². The largest absolute Gasteiger partial charge is 0.573 e. The highest BCUT2D eigenvalue weighted by molar-refractivity contribution is 8.14. The van der Waals surface area contributed by atoms with Gasteiger partial charge >= 0.3 is 12.4 Å². The number of aromatic nitrogens is 3. The second kappa shape index (κ2) is 12.1. The Morgan fingerprint density at radius 1 is 1.04 bits per heavy atom. The molecule has 2 fully saturated rings. The molecule has 3 aromatic carbocycles. The summed E-state index contributed by atoms with van der Waals surface area (Å²) in [5.41, 5.74) is 3.94. The van der Waals surface area contributed by atoms with Crippen molar-refractivity contribution in [3.8, 4) is 28.6 Å². The standard InChI is InChI=1S/C32H31F3N6O3S/c1-20(2)26-13-12-25(43-3)18-27(26)40-16-17-45-30(40)37-29(42)38-31(14-15-31)22-6-4-21(5-7-22)28-36-19-41(39-28)23-8-10-24(11-9-23)44-32(33,34)35/h4-13,18-20H,14-17H2,1-3H3,(H,38,42). The highest BCUT2D eigenvalue weighted by Crippen LogP contribution is 2.46. The fraction of sp³-hybridized carbons (Fsp3) is 0.312. The number of urea groups is 1. The maximum Gasteiger partial charge on any atom is 0.573 e. The molecule has 1 aliphatic carbocycles. The Kier molecular flexibility index (Phi) is 8.21. The molecule has 6 rings (SSSR count). The summed E-state index contributed by atoms with van der Waals surface area (Å²) in [4.78, 5) is 24.1. The monoisotopic (exact) mass is 636 g/mol. The molecule has 2 aliphatic rings. The number of amides is 2. The van der Waals surface area contributed by atoms with Crippen molar-refractivity contribution in [2.45, 2.75) is 44.5 Å². The van der Waals surface area contributed by atoms with E-state index in [9.17, 15) is 18.0 Å². The number of anilines is 1. The summed E-state index contributed by atoms with van der Waals surface area (Å²) in [6.07, 6.45) is -1.66. The molecule has 2 heterocycles. The van der Waals surface area contributed by atoms with Gasteiger partial charge in [0.1, 0.15) is 17.8 Å². The third-order valence-corrected chi connectivity index (χ3v) is 8.70. The van der Waals surface area contributed by atoms with Gasteiger partial charge in [-0.05, 0) is 60.2 Å².